The van der Waals surface area contributed by atoms with Gasteiger partial charge in [-0.25, -0.2) is 4.79 Å². The lowest BCUT2D eigenvalue weighted by molar-refractivity contribution is -0.149. The monoisotopic (exact) mass is 367 g/mol. The van der Waals surface area contributed by atoms with Crippen molar-refractivity contribution in [3.8, 4) is 0 Å². The van der Waals surface area contributed by atoms with Crippen LogP contribution in [0.3, 0.4) is 0 Å². The van der Waals surface area contributed by atoms with Gasteiger partial charge in [0.1, 0.15) is 18.7 Å². The fraction of sp³-hybridized carbons (Fsp3) is 0.722. The molecule has 1 saturated heterocycles. The van der Waals surface area contributed by atoms with Crippen molar-refractivity contribution in [1.29, 1.82) is 0 Å². The van der Waals surface area contributed by atoms with Gasteiger partial charge in [-0.05, 0) is 18.9 Å². The third-order valence-corrected chi connectivity index (χ3v) is 4.35. The van der Waals surface area contributed by atoms with Gasteiger partial charge < -0.3 is 19.9 Å². The fourth-order valence-corrected chi connectivity index (χ4v) is 2.90. The molecule has 0 spiro atoms. The SMILES string of the molecule is CCCCC(=O)OCC1OC(n2ccc(N)nc2=O)CC1COCCC. The molecular weight excluding hydrogens is 338 g/mol. The number of hydrogen-bond acceptors (Lipinski definition) is 7. The molecule has 26 heavy (non-hydrogen) atoms. The van der Waals surface area contributed by atoms with Crippen LogP contribution in [0.1, 0.15) is 52.2 Å². The van der Waals surface area contributed by atoms with Crippen LogP contribution in [-0.2, 0) is 19.0 Å². The largest absolute Gasteiger partial charge is 0.463 e. The predicted octanol–water partition coefficient (Wildman–Crippen LogP) is 1.89. The number of rotatable bonds is 10. The fourth-order valence-electron chi connectivity index (χ4n) is 2.90. The topological polar surface area (TPSA) is 106 Å². The number of nitrogen functional groups attached to an aromatic ring is 1. The van der Waals surface area contributed by atoms with Crippen molar-refractivity contribution in [2.24, 2.45) is 5.92 Å². The van der Waals surface area contributed by atoms with E-state index >= 15 is 0 Å². The van der Waals surface area contributed by atoms with Gasteiger partial charge in [0.25, 0.3) is 0 Å². The number of carbonyl (C=O) groups is 1. The van der Waals surface area contributed by atoms with E-state index in [1.54, 1.807) is 12.3 Å². The Kier molecular flexibility index (Phi) is 8.06. The van der Waals surface area contributed by atoms with E-state index in [0.717, 1.165) is 19.3 Å². The van der Waals surface area contributed by atoms with Crippen LogP contribution >= 0.6 is 0 Å². The van der Waals surface area contributed by atoms with Crippen LogP contribution in [0.25, 0.3) is 0 Å². The number of anilines is 1. The molecule has 0 bridgehead atoms. The van der Waals surface area contributed by atoms with E-state index in [9.17, 15) is 9.59 Å². The van der Waals surface area contributed by atoms with Crippen molar-refractivity contribution >= 4 is 11.8 Å². The first-order valence-corrected chi connectivity index (χ1v) is 9.28. The second kappa shape index (κ2) is 10.3. The molecule has 1 aromatic heterocycles. The molecule has 2 rings (SSSR count). The van der Waals surface area contributed by atoms with Gasteiger partial charge in [-0.1, -0.05) is 20.3 Å². The molecule has 0 aromatic carbocycles. The lowest BCUT2D eigenvalue weighted by atomic mass is 10.0. The Morgan fingerprint density at radius 1 is 1.38 bits per heavy atom. The summed E-state index contributed by atoms with van der Waals surface area (Å²) in [5.41, 5.74) is 5.09. The quantitative estimate of drug-likeness (QED) is 0.497. The lowest BCUT2D eigenvalue weighted by Gasteiger charge is -2.18. The summed E-state index contributed by atoms with van der Waals surface area (Å²) in [6.07, 6.45) is 4.47. The molecule has 1 aromatic rings. The lowest BCUT2D eigenvalue weighted by Crippen LogP contribution is -2.29. The minimum Gasteiger partial charge on any atom is -0.463 e. The minimum absolute atomic E-state index is 0.0370. The first kappa shape index (κ1) is 20.4. The van der Waals surface area contributed by atoms with Crippen molar-refractivity contribution in [2.75, 3.05) is 25.6 Å². The van der Waals surface area contributed by atoms with Gasteiger partial charge >= 0.3 is 11.7 Å². The van der Waals surface area contributed by atoms with Crippen LogP contribution < -0.4 is 11.4 Å². The van der Waals surface area contributed by atoms with Crippen molar-refractivity contribution < 1.29 is 19.0 Å². The second-order valence-corrected chi connectivity index (χ2v) is 6.53. The zero-order valence-corrected chi connectivity index (χ0v) is 15.6. The van der Waals surface area contributed by atoms with E-state index < -0.39 is 11.9 Å². The Morgan fingerprint density at radius 3 is 2.88 bits per heavy atom. The molecule has 8 heteroatoms. The van der Waals surface area contributed by atoms with E-state index in [1.807, 2.05) is 13.8 Å². The smallest absolute Gasteiger partial charge is 0.351 e. The Morgan fingerprint density at radius 2 is 2.19 bits per heavy atom. The number of aromatic nitrogens is 2. The highest BCUT2D eigenvalue weighted by Crippen LogP contribution is 2.33. The molecule has 3 unspecified atom stereocenters. The molecule has 0 aliphatic carbocycles. The van der Waals surface area contributed by atoms with E-state index in [1.165, 1.54) is 4.57 Å². The number of hydrogen-bond donors (Lipinski definition) is 1. The van der Waals surface area contributed by atoms with Crippen LogP contribution in [0.5, 0.6) is 0 Å². The van der Waals surface area contributed by atoms with Crippen LogP contribution in [0, 0.1) is 5.92 Å². The molecule has 0 amide bonds. The van der Waals surface area contributed by atoms with Crippen LogP contribution in [0.15, 0.2) is 17.1 Å². The molecule has 1 fully saturated rings. The van der Waals surface area contributed by atoms with Gasteiger partial charge in [0.2, 0.25) is 0 Å². The molecule has 0 radical (unpaired) electrons. The van der Waals surface area contributed by atoms with Crippen molar-refractivity contribution in [2.45, 2.75) is 58.3 Å². The Bertz CT molecular complexity index is 633. The zero-order valence-electron chi connectivity index (χ0n) is 15.6. The highest BCUT2D eigenvalue weighted by Gasteiger charge is 2.37. The summed E-state index contributed by atoms with van der Waals surface area (Å²) in [4.78, 5) is 27.6. The summed E-state index contributed by atoms with van der Waals surface area (Å²) < 4.78 is 18.4. The average Bonchev–Trinajstić information content (AvgIpc) is 3.01. The molecule has 3 atom stereocenters. The maximum Gasteiger partial charge on any atom is 0.351 e. The van der Waals surface area contributed by atoms with Crippen LogP contribution in [-0.4, -0.2) is 41.4 Å². The first-order valence-electron chi connectivity index (χ1n) is 9.28. The summed E-state index contributed by atoms with van der Waals surface area (Å²) >= 11 is 0. The molecule has 0 saturated carbocycles. The third kappa shape index (κ3) is 5.81. The summed E-state index contributed by atoms with van der Waals surface area (Å²) in [5.74, 6) is -0.0121. The normalized spacial score (nSPS) is 22.5. The molecule has 1 aliphatic rings. The molecule has 2 heterocycles. The number of unbranched alkanes of at least 4 members (excludes halogenated alkanes) is 1. The van der Waals surface area contributed by atoms with Crippen LogP contribution in [0.2, 0.25) is 0 Å². The van der Waals surface area contributed by atoms with Gasteiger partial charge in [0, 0.05) is 31.6 Å². The van der Waals surface area contributed by atoms with E-state index in [4.69, 9.17) is 19.9 Å². The van der Waals surface area contributed by atoms with Crippen molar-refractivity contribution in [1.82, 2.24) is 9.55 Å². The van der Waals surface area contributed by atoms with E-state index in [2.05, 4.69) is 4.98 Å². The van der Waals surface area contributed by atoms with Crippen molar-refractivity contribution in [3.63, 3.8) is 0 Å². The molecule has 2 N–H and O–H groups in total. The highest BCUT2D eigenvalue weighted by atomic mass is 16.6. The Labute approximate surface area is 153 Å². The number of nitrogens with two attached hydrogens (primary N) is 1. The predicted molar refractivity (Wildman–Crippen MR) is 96.5 cm³/mol. The highest BCUT2D eigenvalue weighted by molar-refractivity contribution is 5.69. The number of carbonyl (C=O) groups excluding carboxylic acids is 1. The van der Waals surface area contributed by atoms with Gasteiger partial charge in [-0.15, -0.1) is 0 Å². The molecule has 8 nitrogen and oxygen atoms in total. The van der Waals surface area contributed by atoms with Gasteiger partial charge in [-0.3, -0.25) is 9.36 Å². The zero-order chi connectivity index (χ0) is 18.9. The third-order valence-electron chi connectivity index (χ3n) is 4.35. The van der Waals surface area contributed by atoms with E-state index in [-0.39, 0.29) is 30.4 Å². The standard InChI is InChI=1S/C18H29N3O5/c1-3-5-6-17(22)25-12-14-13(11-24-9-4-2)10-16(26-14)21-8-7-15(19)20-18(21)23/h7-8,13-14,16H,3-6,9-12H2,1-2H3,(H2,19,20,23). The van der Waals surface area contributed by atoms with Crippen LogP contribution in [0.4, 0.5) is 5.82 Å². The second-order valence-electron chi connectivity index (χ2n) is 6.53. The summed E-state index contributed by atoms with van der Waals surface area (Å²) in [5, 5.41) is 0. The minimum atomic E-state index is -0.467. The average molecular weight is 367 g/mol. The van der Waals surface area contributed by atoms with E-state index in [0.29, 0.717) is 26.1 Å². The summed E-state index contributed by atoms with van der Waals surface area (Å²) in [6.45, 7) is 5.39. The number of nitrogens with zero attached hydrogens (tertiary/aromatic N) is 2. The van der Waals surface area contributed by atoms with Crippen molar-refractivity contribution in [3.05, 3.63) is 22.7 Å². The molecule has 146 valence electrons. The summed E-state index contributed by atoms with van der Waals surface area (Å²) in [6, 6.07) is 1.56. The van der Waals surface area contributed by atoms with Gasteiger partial charge in [-0.2, -0.15) is 4.98 Å². The Hall–Kier alpha value is -1.93. The molecule has 1 aliphatic heterocycles. The summed E-state index contributed by atoms with van der Waals surface area (Å²) in [7, 11) is 0. The molecular formula is C18H29N3O5. The number of ether oxygens (including phenoxy) is 3. The number of esters is 1. The maximum atomic E-state index is 12.1. The Balaban J connectivity index is 2.00. The maximum absolute atomic E-state index is 12.1. The van der Waals surface area contributed by atoms with Gasteiger partial charge in [0.15, 0.2) is 0 Å². The van der Waals surface area contributed by atoms with Gasteiger partial charge in [0.05, 0.1) is 12.7 Å². The first-order chi connectivity index (χ1) is 12.5.